The smallest absolute Gasteiger partial charge is 0.108 e. The molecule has 1 aromatic carbocycles. The van der Waals surface area contributed by atoms with E-state index in [1.165, 1.54) is 5.56 Å². The van der Waals surface area contributed by atoms with Crippen molar-refractivity contribution in [1.29, 1.82) is 0 Å². The molecular formula is C10H9NS3. The molecule has 0 unspecified atom stereocenters. The number of para-hydroxylation sites is 1. The van der Waals surface area contributed by atoms with Crippen molar-refractivity contribution in [1.82, 2.24) is 0 Å². The number of hydrogen-bond donors (Lipinski definition) is 1. The van der Waals surface area contributed by atoms with Crippen molar-refractivity contribution in [2.24, 2.45) is 0 Å². The first-order valence-corrected chi connectivity index (χ1v) is 6.75. The Morgan fingerprint density at radius 2 is 1.86 bits per heavy atom. The number of hydrogen-bond acceptors (Lipinski definition) is 4. The van der Waals surface area contributed by atoms with Crippen molar-refractivity contribution in [2.75, 3.05) is 5.32 Å². The molecular weight excluding hydrogens is 230 g/mol. The van der Waals surface area contributed by atoms with Crippen LogP contribution in [0.3, 0.4) is 0 Å². The molecule has 1 heterocycles. The molecule has 2 rings (SSSR count). The van der Waals surface area contributed by atoms with Crippen LogP contribution in [0.1, 0.15) is 5.56 Å². The van der Waals surface area contributed by atoms with Gasteiger partial charge >= 0.3 is 0 Å². The fourth-order valence-corrected chi connectivity index (χ4v) is 3.73. The summed E-state index contributed by atoms with van der Waals surface area (Å²) in [7, 11) is 3.34. The highest BCUT2D eigenvalue weighted by atomic mass is 32.9. The summed E-state index contributed by atoms with van der Waals surface area (Å²) in [5, 5.41) is 4.51. The van der Waals surface area contributed by atoms with E-state index in [9.17, 15) is 0 Å². The van der Waals surface area contributed by atoms with Gasteiger partial charge in [0.2, 0.25) is 0 Å². The molecule has 1 N–H and O–H groups in total. The predicted octanol–water partition coefficient (Wildman–Crippen LogP) is 4.59. The summed E-state index contributed by atoms with van der Waals surface area (Å²) in [5.74, 6) is 0. The summed E-state index contributed by atoms with van der Waals surface area (Å²) in [6.45, 7) is 2.06. The summed E-state index contributed by atoms with van der Waals surface area (Å²) in [4.78, 5) is 0. The van der Waals surface area contributed by atoms with E-state index < -0.39 is 0 Å². The third kappa shape index (κ3) is 2.03. The molecule has 0 saturated heterocycles. The van der Waals surface area contributed by atoms with Crippen LogP contribution in [0, 0.1) is 10.7 Å². The average Bonchev–Trinajstić information content (AvgIpc) is 2.52. The van der Waals surface area contributed by atoms with Gasteiger partial charge < -0.3 is 5.32 Å². The molecule has 0 atom stereocenters. The van der Waals surface area contributed by atoms with Crippen molar-refractivity contribution in [3.63, 3.8) is 0 Å². The highest BCUT2D eigenvalue weighted by Crippen LogP contribution is 2.31. The zero-order valence-electron chi connectivity index (χ0n) is 7.61. The molecule has 1 nitrogen and oxygen atoms in total. The monoisotopic (exact) mass is 239 g/mol. The number of benzene rings is 1. The minimum Gasteiger partial charge on any atom is -0.346 e. The second kappa shape index (κ2) is 4.21. The maximum atomic E-state index is 5.18. The molecule has 0 aliphatic heterocycles. The molecule has 0 bridgehead atoms. The van der Waals surface area contributed by atoms with E-state index in [0.29, 0.717) is 0 Å². The first-order chi connectivity index (χ1) is 6.77. The Balaban J connectivity index is 2.28. The molecule has 2 aromatic rings. The Hall–Kier alpha value is -0.710. The summed E-state index contributed by atoms with van der Waals surface area (Å²) in [6.07, 6.45) is 0. The van der Waals surface area contributed by atoms with Crippen LogP contribution in [0.2, 0.25) is 0 Å². The van der Waals surface area contributed by atoms with Crippen LogP contribution in [0.25, 0.3) is 0 Å². The van der Waals surface area contributed by atoms with Gasteiger partial charge in [0.05, 0.1) is 0 Å². The topological polar surface area (TPSA) is 12.0 Å². The lowest BCUT2D eigenvalue weighted by Gasteiger charge is -2.03. The highest BCUT2D eigenvalue weighted by molar-refractivity contribution is 7.80. The fourth-order valence-electron chi connectivity index (χ4n) is 1.06. The van der Waals surface area contributed by atoms with E-state index in [1.54, 1.807) is 20.7 Å². The second-order valence-corrected chi connectivity index (χ2v) is 5.72. The zero-order valence-corrected chi connectivity index (χ0v) is 10.1. The molecule has 0 amide bonds. The molecule has 14 heavy (non-hydrogen) atoms. The minimum atomic E-state index is 0.980. The van der Waals surface area contributed by atoms with Gasteiger partial charge in [0, 0.05) is 11.3 Å². The van der Waals surface area contributed by atoms with Crippen LogP contribution in [-0.4, -0.2) is 0 Å². The Bertz CT molecular complexity index is 470. The van der Waals surface area contributed by atoms with Gasteiger partial charge in [-0.05, 0) is 19.1 Å². The maximum absolute atomic E-state index is 5.18. The van der Waals surface area contributed by atoms with Crippen molar-refractivity contribution in [3.8, 4) is 0 Å². The van der Waals surface area contributed by atoms with Gasteiger partial charge in [-0.15, -0.1) is 0 Å². The van der Waals surface area contributed by atoms with Crippen molar-refractivity contribution < 1.29 is 0 Å². The predicted molar refractivity (Wildman–Crippen MR) is 67.5 cm³/mol. The number of rotatable bonds is 2. The quantitative estimate of drug-likeness (QED) is 0.607. The van der Waals surface area contributed by atoms with E-state index in [0.717, 1.165) is 14.5 Å². The Kier molecular flexibility index (Phi) is 2.96. The third-order valence-electron chi connectivity index (χ3n) is 1.88. The molecule has 1 aromatic heterocycles. The molecule has 0 fully saturated rings. The maximum Gasteiger partial charge on any atom is 0.108 e. The molecule has 0 aliphatic rings. The summed E-state index contributed by atoms with van der Waals surface area (Å²) < 4.78 is 0.980. The standard InChI is InChI=1S/C10H9NS3/c1-7-9(13-14-10(7)12)11-8-5-3-2-4-6-8/h2-6,11H,1H3. The molecule has 0 radical (unpaired) electrons. The fraction of sp³-hybridized carbons (Fsp3) is 0.100. The van der Waals surface area contributed by atoms with Crippen molar-refractivity contribution in [2.45, 2.75) is 6.92 Å². The van der Waals surface area contributed by atoms with E-state index in [4.69, 9.17) is 12.2 Å². The van der Waals surface area contributed by atoms with Crippen LogP contribution in [0.5, 0.6) is 0 Å². The lowest BCUT2D eigenvalue weighted by atomic mass is 10.3. The van der Waals surface area contributed by atoms with Gasteiger partial charge in [-0.1, -0.05) is 51.1 Å². The van der Waals surface area contributed by atoms with E-state index >= 15 is 0 Å². The van der Waals surface area contributed by atoms with Crippen LogP contribution >= 0.6 is 32.9 Å². The van der Waals surface area contributed by atoms with E-state index in [2.05, 4.69) is 12.2 Å². The Labute approximate surface area is 95.4 Å². The third-order valence-corrected chi connectivity index (χ3v) is 5.12. The van der Waals surface area contributed by atoms with Crippen molar-refractivity contribution >= 4 is 43.6 Å². The Morgan fingerprint density at radius 3 is 2.43 bits per heavy atom. The SMILES string of the molecule is Cc1c(Nc2ccccc2)ssc1=S. The van der Waals surface area contributed by atoms with Gasteiger partial charge in [-0.3, -0.25) is 0 Å². The Morgan fingerprint density at radius 1 is 1.14 bits per heavy atom. The number of anilines is 2. The lowest BCUT2D eigenvalue weighted by Crippen LogP contribution is -1.87. The average molecular weight is 239 g/mol. The summed E-state index contributed by atoms with van der Waals surface area (Å²) >= 11 is 5.18. The molecule has 72 valence electrons. The summed E-state index contributed by atoms with van der Waals surface area (Å²) in [5.41, 5.74) is 2.29. The molecule has 0 saturated carbocycles. The largest absolute Gasteiger partial charge is 0.346 e. The van der Waals surface area contributed by atoms with Gasteiger partial charge in [0.15, 0.2) is 0 Å². The first kappa shape index (κ1) is 9.83. The van der Waals surface area contributed by atoms with Gasteiger partial charge in [-0.2, -0.15) is 0 Å². The van der Waals surface area contributed by atoms with Crippen LogP contribution in [-0.2, 0) is 0 Å². The minimum absolute atomic E-state index is 0.980. The van der Waals surface area contributed by atoms with Gasteiger partial charge in [0.25, 0.3) is 0 Å². The molecule has 0 aliphatic carbocycles. The van der Waals surface area contributed by atoms with Gasteiger partial charge in [-0.25, -0.2) is 0 Å². The van der Waals surface area contributed by atoms with E-state index in [-0.39, 0.29) is 0 Å². The van der Waals surface area contributed by atoms with Crippen molar-refractivity contribution in [3.05, 3.63) is 39.7 Å². The lowest BCUT2D eigenvalue weighted by molar-refractivity contribution is 1.50. The zero-order chi connectivity index (χ0) is 9.97. The van der Waals surface area contributed by atoms with Crippen LogP contribution in [0.4, 0.5) is 10.7 Å². The van der Waals surface area contributed by atoms with Crippen LogP contribution in [0.15, 0.2) is 30.3 Å². The van der Waals surface area contributed by atoms with E-state index in [1.807, 2.05) is 30.3 Å². The molecule has 4 heteroatoms. The molecule has 0 spiro atoms. The second-order valence-electron chi connectivity index (χ2n) is 2.90. The number of nitrogens with one attached hydrogen (secondary N) is 1. The first-order valence-electron chi connectivity index (χ1n) is 4.19. The van der Waals surface area contributed by atoms with Crippen LogP contribution < -0.4 is 5.32 Å². The summed E-state index contributed by atoms with van der Waals surface area (Å²) in [6, 6.07) is 10.1. The highest BCUT2D eigenvalue weighted by Gasteiger charge is 2.02. The van der Waals surface area contributed by atoms with Gasteiger partial charge in [0.1, 0.15) is 8.82 Å². The normalized spacial score (nSPS) is 10.1.